The molecule has 1 aliphatic rings. The molecular weight excluding hydrogens is 313 g/mol. The topological polar surface area (TPSA) is 81.2 Å². The molecule has 0 aliphatic heterocycles. The van der Waals surface area contributed by atoms with E-state index in [0.717, 1.165) is 0 Å². The quantitative estimate of drug-likeness (QED) is 0.658. The molecule has 1 N–H and O–H groups in total. The Balaban J connectivity index is 2.01. The van der Waals surface area contributed by atoms with Crippen molar-refractivity contribution in [1.29, 1.82) is 0 Å². The molecule has 1 amide bonds. The van der Waals surface area contributed by atoms with Gasteiger partial charge in [-0.15, -0.1) is 5.10 Å². The average Bonchev–Trinajstić information content (AvgIpc) is 2.41. The molecule has 0 radical (unpaired) electrons. The van der Waals surface area contributed by atoms with Gasteiger partial charge in [-0.2, -0.15) is 5.10 Å². The second-order valence-corrected chi connectivity index (χ2v) is 5.96. The first-order valence-corrected chi connectivity index (χ1v) is 7.33. The van der Waals surface area contributed by atoms with Crippen LogP contribution in [0.4, 0.5) is 4.39 Å². The zero-order valence-electron chi connectivity index (χ0n) is 12.3. The Kier molecular flexibility index (Phi) is 4.95. The van der Waals surface area contributed by atoms with Crippen LogP contribution in [0.5, 0.6) is 0 Å². The van der Waals surface area contributed by atoms with Crippen LogP contribution in [0.1, 0.15) is 32.4 Å². The van der Waals surface area contributed by atoms with Crippen molar-refractivity contribution in [2.24, 2.45) is 5.41 Å². The van der Waals surface area contributed by atoms with E-state index in [9.17, 15) is 14.0 Å². The van der Waals surface area contributed by atoms with Crippen molar-refractivity contribution in [1.82, 2.24) is 15.5 Å². The van der Waals surface area contributed by atoms with Crippen molar-refractivity contribution in [3.05, 3.63) is 23.0 Å². The fourth-order valence-electron chi connectivity index (χ4n) is 2.25. The first-order chi connectivity index (χ1) is 10.3. The molecule has 0 saturated heterocycles. The van der Waals surface area contributed by atoms with Crippen LogP contribution in [-0.4, -0.2) is 34.3 Å². The maximum Gasteiger partial charge on any atom is 0.322 e. The highest BCUT2D eigenvalue weighted by Crippen LogP contribution is 2.44. The number of carbonyl (C=O) groups excluding carboxylic acids is 2. The number of carbonyl (C=O) groups is 2. The van der Waals surface area contributed by atoms with E-state index in [1.165, 1.54) is 0 Å². The lowest BCUT2D eigenvalue weighted by atomic mass is 9.66. The summed E-state index contributed by atoms with van der Waals surface area (Å²) in [6.07, 6.45) is -1.84. The summed E-state index contributed by atoms with van der Waals surface area (Å²) in [5.41, 5.74) is -0.954. The first-order valence-electron chi connectivity index (χ1n) is 6.95. The molecule has 2 rings (SSSR count). The van der Waals surface area contributed by atoms with Crippen LogP contribution in [0.25, 0.3) is 0 Å². The van der Waals surface area contributed by atoms with E-state index in [2.05, 4.69) is 15.5 Å². The highest BCUT2D eigenvalue weighted by molar-refractivity contribution is 6.29. The fraction of sp³-hybridized carbons (Fsp3) is 0.571. The van der Waals surface area contributed by atoms with E-state index in [1.54, 1.807) is 26.0 Å². The first kappa shape index (κ1) is 16.6. The summed E-state index contributed by atoms with van der Waals surface area (Å²) in [5, 5.41) is 10.3. The number of halogens is 2. The normalized spacial score (nSPS) is 23.8. The van der Waals surface area contributed by atoms with Gasteiger partial charge in [0.2, 0.25) is 5.91 Å². The van der Waals surface area contributed by atoms with Gasteiger partial charge in [0.1, 0.15) is 6.17 Å². The number of amides is 1. The van der Waals surface area contributed by atoms with Crippen molar-refractivity contribution < 1.29 is 18.7 Å². The van der Waals surface area contributed by atoms with Crippen LogP contribution < -0.4 is 5.32 Å². The summed E-state index contributed by atoms with van der Waals surface area (Å²) in [7, 11) is 0. The number of hydrogen-bond donors (Lipinski definition) is 1. The molecule has 22 heavy (non-hydrogen) atoms. The Morgan fingerprint density at radius 3 is 2.64 bits per heavy atom. The van der Waals surface area contributed by atoms with Crippen molar-refractivity contribution >= 4 is 23.5 Å². The number of alkyl halides is 1. The van der Waals surface area contributed by atoms with E-state index in [1.807, 2.05) is 0 Å². The largest absolute Gasteiger partial charge is 0.462 e. The van der Waals surface area contributed by atoms with E-state index in [4.69, 9.17) is 16.3 Å². The molecule has 1 saturated carbocycles. The Labute approximate surface area is 132 Å². The summed E-state index contributed by atoms with van der Waals surface area (Å²) >= 11 is 5.62. The van der Waals surface area contributed by atoms with Gasteiger partial charge in [0.05, 0.1) is 18.3 Å². The Hall–Kier alpha value is -1.76. The molecule has 0 unspecified atom stereocenters. The van der Waals surface area contributed by atoms with Gasteiger partial charge in [-0.1, -0.05) is 11.6 Å². The minimum atomic E-state index is -1.44. The molecular formula is C14H17ClFN3O3. The average molecular weight is 330 g/mol. The lowest BCUT2D eigenvalue weighted by molar-refractivity contribution is -0.175. The van der Waals surface area contributed by atoms with Crippen molar-refractivity contribution in [2.45, 2.75) is 45.5 Å². The van der Waals surface area contributed by atoms with E-state index in [0.29, 0.717) is 5.69 Å². The zero-order valence-corrected chi connectivity index (χ0v) is 13.1. The standard InChI is InChI=1S/C14H17ClFN3O3/c1-8(2)22-13(21)14(5-9(16)6-14)12(20)17-7-10-3-4-11(15)19-18-10/h3-4,8-9H,5-7H2,1-2H3,(H,17,20). The Morgan fingerprint density at radius 2 is 2.14 bits per heavy atom. The molecule has 0 bridgehead atoms. The zero-order chi connectivity index (χ0) is 16.3. The summed E-state index contributed by atoms with van der Waals surface area (Å²) in [6, 6.07) is 3.15. The number of nitrogens with one attached hydrogen (secondary N) is 1. The Morgan fingerprint density at radius 1 is 1.45 bits per heavy atom. The third-order valence-electron chi connectivity index (χ3n) is 3.43. The van der Waals surface area contributed by atoms with Gasteiger partial charge in [0.15, 0.2) is 10.6 Å². The van der Waals surface area contributed by atoms with Gasteiger partial charge >= 0.3 is 5.97 Å². The summed E-state index contributed by atoms with van der Waals surface area (Å²) in [6.45, 7) is 3.44. The van der Waals surface area contributed by atoms with Crippen LogP contribution in [0.2, 0.25) is 5.15 Å². The van der Waals surface area contributed by atoms with E-state index >= 15 is 0 Å². The molecule has 0 aromatic carbocycles. The molecule has 120 valence electrons. The predicted molar refractivity (Wildman–Crippen MR) is 76.7 cm³/mol. The molecule has 1 fully saturated rings. The third-order valence-corrected chi connectivity index (χ3v) is 3.63. The maximum atomic E-state index is 13.3. The second kappa shape index (κ2) is 6.56. The molecule has 1 heterocycles. The van der Waals surface area contributed by atoms with Gasteiger partial charge in [-0.3, -0.25) is 9.59 Å². The van der Waals surface area contributed by atoms with Crippen LogP contribution in [-0.2, 0) is 20.9 Å². The summed E-state index contributed by atoms with van der Waals surface area (Å²) < 4.78 is 18.3. The van der Waals surface area contributed by atoms with Gasteiger partial charge in [0.25, 0.3) is 0 Å². The maximum absolute atomic E-state index is 13.3. The van der Waals surface area contributed by atoms with Crippen LogP contribution in [0, 0.1) is 5.41 Å². The monoisotopic (exact) mass is 329 g/mol. The second-order valence-electron chi connectivity index (χ2n) is 5.57. The molecule has 8 heteroatoms. The van der Waals surface area contributed by atoms with Gasteiger partial charge < -0.3 is 10.1 Å². The minimum absolute atomic E-state index is 0.0800. The lowest BCUT2D eigenvalue weighted by Gasteiger charge is -2.40. The highest BCUT2D eigenvalue weighted by Gasteiger charge is 2.57. The molecule has 0 atom stereocenters. The van der Waals surface area contributed by atoms with Crippen LogP contribution in [0.15, 0.2) is 12.1 Å². The van der Waals surface area contributed by atoms with Crippen LogP contribution >= 0.6 is 11.6 Å². The smallest absolute Gasteiger partial charge is 0.322 e. The number of aromatic nitrogens is 2. The third kappa shape index (κ3) is 3.52. The number of rotatable bonds is 5. The van der Waals surface area contributed by atoms with E-state index < -0.39 is 23.5 Å². The van der Waals surface area contributed by atoms with Crippen LogP contribution in [0.3, 0.4) is 0 Å². The molecule has 6 nitrogen and oxygen atoms in total. The predicted octanol–water partition coefficient (Wildman–Crippen LogP) is 1.82. The lowest BCUT2D eigenvalue weighted by Crippen LogP contribution is -2.56. The Bertz CT molecular complexity index is 559. The molecule has 1 aliphatic carbocycles. The van der Waals surface area contributed by atoms with Crippen molar-refractivity contribution in [3.63, 3.8) is 0 Å². The fourth-order valence-corrected chi connectivity index (χ4v) is 2.35. The van der Waals surface area contributed by atoms with Gasteiger partial charge in [-0.25, -0.2) is 4.39 Å². The van der Waals surface area contributed by atoms with E-state index in [-0.39, 0.29) is 30.6 Å². The number of esters is 1. The number of nitrogens with zero attached hydrogens (tertiary/aromatic N) is 2. The summed E-state index contributed by atoms with van der Waals surface area (Å²) in [4.78, 5) is 24.4. The SMILES string of the molecule is CC(C)OC(=O)C1(C(=O)NCc2ccc(Cl)nn2)CC(F)C1. The van der Waals surface area contributed by atoms with Gasteiger partial charge in [0, 0.05) is 12.8 Å². The van der Waals surface area contributed by atoms with Crippen molar-refractivity contribution in [2.75, 3.05) is 0 Å². The van der Waals surface area contributed by atoms with Gasteiger partial charge in [-0.05, 0) is 26.0 Å². The van der Waals surface area contributed by atoms with Crippen molar-refractivity contribution in [3.8, 4) is 0 Å². The minimum Gasteiger partial charge on any atom is -0.462 e. The molecule has 0 spiro atoms. The summed E-state index contributed by atoms with van der Waals surface area (Å²) in [5.74, 6) is -1.24. The highest BCUT2D eigenvalue weighted by atomic mass is 35.5. The number of ether oxygens (including phenoxy) is 1. The number of hydrogen-bond acceptors (Lipinski definition) is 5. The molecule has 1 aromatic rings. The molecule has 1 aromatic heterocycles.